The molecule has 4 aliphatic carbocycles. The maximum atomic E-state index is 12.3. The van der Waals surface area contributed by atoms with Crippen molar-refractivity contribution in [3.05, 3.63) is 11.1 Å². The summed E-state index contributed by atoms with van der Waals surface area (Å²) < 4.78 is 0. The number of allylic oxidation sites excluding steroid dienone is 1. The van der Waals surface area contributed by atoms with Crippen LogP contribution in [0.2, 0.25) is 0 Å². The van der Waals surface area contributed by atoms with E-state index in [9.17, 15) is 9.90 Å². The van der Waals surface area contributed by atoms with Gasteiger partial charge in [0.05, 0.1) is 6.61 Å². The van der Waals surface area contributed by atoms with Crippen LogP contribution < -0.4 is 0 Å². The highest BCUT2D eigenvalue weighted by atomic mass is 16.3. The zero-order chi connectivity index (χ0) is 15.9. The van der Waals surface area contributed by atoms with Gasteiger partial charge < -0.3 is 5.11 Å². The van der Waals surface area contributed by atoms with Gasteiger partial charge in [0, 0.05) is 17.4 Å². The second-order valence-corrected chi connectivity index (χ2v) is 9.38. The zero-order valence-electron chi connectivity index (χ0n) is 14.5. The molecule has 5 atom stereocenters. The molecule has 0 radical (unpaired) electrons. The molecule has 4 aliphatic rings. The lowest BCUT2D eigenvalue weighted by Gasteiger charge is -2.58. The van der Waals surface area contributed by atoms with Crippen LogP contribution >= 0.6 is 0 Å². The summed E-state index contributed by atoms with van der Waals surface area (Å²) in [6, 6.07) is 0. The lowest BCUT2D eigenvalue weighted by molar-refractivity contribution is -0.132. The van der Waals surface area contributed by atoms with Gasteiger partial charge in [-0.15, -0.1) is 0 Å². The fourth-order valence-corrected chi connectivity index (χ4v) is 7.62. The molecular weight excluding hydrogens is 272 g/mol. The van der Waals surface area contributed by atoms with Crippen molar-refractivity contribution in [1.29, 1.82) is 0 Å². The Labute approximate surface area is 134 Å². The largest absolute Gasteiger partial charge is 0.392 e. The van der Waals surface area contributed by atoms with Gasteiger partial charge in [0.1, 0.15) is 0 Å². The number of aliphatic hydroxyl groups is 1. The molecule has 3 fully saturated rings. The van der Waals surface area contributed by atoms with E-state index in [1.807, 2.05) is 0 Å². The van der Waals surface area contributed by atoms with E-state index in [0.29, 0.717) is 29.0 Å². The molecule has 0 heterocycles. The van der Waals surface area contributed by atoms with Gasteiger partial charge in [0.25, 0.3) is 0 Å². The van der Waals surface area contributed by atoms with Gasteiger partial charge >= 0.3 is 0 Å². The Hall–Kier alpha value is -0.630. The first-order valence-electron chi connectivity index (χ1n) is 9.15. The number of aliphatic hydroxyl groups excluding tert-OH is 1. The first-order valence-corrected chi connectivity index (χ1v) is 9.15. The molecule has 122 valence electrons. The quantitative estimate of drug-likeness (QED) is 0.791. The normalized spacial score (nSPS) is 49.3. The Morgan fingerprint density at radius 3 is 2.59 bits per heavy atom. The molecule has 0 amide bonds. The van der Waals surface area contributed by atoms with E-state index < -0.39 is 0 Å². The van der Waals surface area contributed by atoms with Crippen molar-refractivity contribution in [3.63, 3.8) is 0 Å². The third-order valence-corrected chi connectivity index (χ3v) is 8.72. The van der Waals surface area contributed by atoms with Crippen LogP contribution in [0.25, 0.3) is 0 Å². The van der Waals surface area contributed by atoms with Crippen molar-refractivity contribution in [3.8, 4) is 0 Å². The minimum absolute atomic E-state index is 0.0380. The number of Topliss-reactive ketones (excluding diaryl/α,β-unsaturated/α-hetero) is 1. The average molecular weight is 302 g/mol. The molecule has 3 saturated carbocycles. The lowest BCUT2D eigenvalue weighted by atomic mass is 9.45. The molecule has 4 rings (SSSR count). The number of carbonyl (C=O) groups is 1. The van der Waals surface area contributed by atoms with E-state index in [2.05, 4.69) is 27.7 Å². The van der Waals surface area contributed by atoms with Crippen molar-refractivity contribution in [2.45, 2.75) is 66.2 Å². The first-order chi connectivity index (χ1) is 10.3. The number of ketones is 1. The smallest absolute Gasteiger partial charge is 0.160 e. The number of fused-ring (bicyclic) bond motifs is 3. The van der Waals surface area contributed by atoms with Crippen LogP contribution in [0.1, 0.15) is 66.2 Å². The van der Waals surface area contributed by atoms with Gasteiger partial charge in [0.2, 0.25) is 0 Å². The predicted octanol–water partition coefficient (Wildman–Crippen LogP) is 4.13. The summed E-state index contributed by atoms with van der Waals surface area (Å²) >= 11 is 0. The Kier molecular flexibility index (Phi) is 2.89. The second-order valence-electron chi connectivity index (χ2n) is 9.38. The van der Waals surface area contributed by atoms with E-state index in [4.69, 9.17) is 0 Å². The van der Waals surface area contributed by atoms with Crippen molar-refractivity contribution in [1.82, 2.24) is 0 Å². The maximum Gasteiger partial charge on any atom is 0.160 e. The molecule has 0 aliphatic heterocycles. The summed E-state index contributed by atoms with van der Waals surface area (Å²) in [6.07, 6.45) is 6.83. The molecule has 5 unspecified atom stereocenters. The SMILES string of the molecule is CC1CCC2CC3C4(C)CC(=O)C4=C(CO)CCC13C2(C)C. The second kappa shape index (κ2) is 4.26. The minimum Gasteiger partial charge on any atom is -0.392 e. The molecule has 2 nitrogen and oxygen atoms in total. The van der Waals surface area contributed by atoms with E-state index in [0.717, 1.165) is 29.4 Å². The zero-order valence-corrected chi connectivity index (χ0v) is 14.5. The molecule has 0 saturated heterocycles. The fourth-order valence-electron chi connectivity index (χ4n) is 7.62. The van der Waals surface area contributed by atoms with Crippen molar-refractivity contribution in [2.75, 3.05) is 6.61 Å². The topological polar surface area (TPSA) is 37.3 Å². The van der Waals surface area contributed by atoms with Crippen LogP contribution in [-0.2, 0) is 4.79 Å². The van der Waals surface area contributed by atoms with Gasteiger partial charge in [-0.05, 0) is 66.3 Å². The molecule has 1 N–H and O–H groups in total. The van der Waals surface area contributed by atoms with Crippen LogP contribution in [0.5, 0.6) is 0 Å². The first kappa shape index (κ1) is 14.9. The summed E-state index contributed by atoms with van der Waals surface area (Å²) in [5.74, 6) is 2.50. The van der Waals surface area contributed by atoms with Gasteiger partial charge in [0.15, 0.2) is 5.78 Å². The lowest BCUT2D eigenvalue weighted by Crippen LogP contribution is -2.54. The van der Waals surface area contributed by atoms with Crippen LogP contribution in [0.4, 0.5) is 0 Å². The Bertz CT molecular complexity index is 572. The molecule has 0 aromatic carbocycles. The number of carbonyl (C=O) groups excluding carboxylic acids is 1. The highest BCUT2D eigenvalue weighted by Crippen LogP contribution is 2.76. The van der Waals surface area contributed by atoms with Crippen LogP contribution in [0, 0.1) is 34.0 Å². The third-order valence-electron chi connectivity index (χ3n) is 8.72. The monoisotopic (exact) mass is 302 g/mol. The van der Waals surface area contributed by atoms with Crippen LogP contribution in [-0.4, -0.2) is 17.5 Å². The van der Waals surface area contributed by atoms with E-state index in [1.54, 1.807) is 0 Å². The highest BCUT2D eigenvalue weighted by Gasteiger charge is 2.70. The predicted molar refractivity (Wildman–Crippen MR) is 87.3 cm³/mol. The summed E-state index contributed by atoms with van der Waals surface area (Å²) in [5.41, 5.74) is 2.86. The molecule has 2 heteroatoms. The average Bonchev–Trinajstić information content (AvgIpc) is 2.55. The molecule has 0 aromatic rings. The summed E-state index contributed by atoms with van der Waals surface area (Å²) in [6.45, 7) is 9.88. The minimum atomic E-state index is 0.0380. The van der Waals surface area contributed by atoms with Crippen molar-refractivity contribution < 1.29 is 9.90 Å². The van der Waals surface area contributed by atoms with Crippen LogP contribution in [0.15, 0.2) is 11.1 Å². The van der Waals surface area contributed by atoms with E-state index >= 15 is 0 Å². The third kappa shape index (κ3) is 1.40. The number of hydrogen-bond donors (Lipinski definition) is 1. The molecular formula is C20H30O2. The van der Waals surface area contributed by atoms with Crippen LogP contribution in [0.3, 0.4) is 0 Å². The van der Waals surface area contributed by atoms with Gasteiger partial charge in [-0.25, -0.2) is 0 Å². The number of rotatable bonds is 1. The summed E-state index contributed by atoms with van der Waals surface area (Å²) in [4.78, 5) is 12.3. The molecule has 22 heavy (non-hydrogen) atoms. The summed E-state index contributed by atoms with van der Waals surface area (Å²) in [5, 5.41) is 9.84. The maximum absolute atomic E-state index is 12.3. The molecule has 0 aromatic heterocycles. The Morgan fingerprint density at radius 1 is 1.23 bits per heavy atom. The van der Waals surface area contributed by atoms with Gasteiger partial charge in [-0.2, -0.15) is 0 Å². The Morgan fingerprint density at radius 2 is 1.95 bits per heavy atom. The standard InChI is InChI=1S/C20H30O2/c1-12-5-6-14-9-16-19(4)10-15(22)17(19)13(11-21)7-8-20(12,16)18(14,2)3/h12,14,16,21H,5-11H2,1-4H3. The molecule has 2 bridgehead atoms. The van der Waals surface area contributed by atoms with Gasteiger partial charge in [-0.3, -0.25) is 4.79 Å². The number of hydrogen-bond acceptors (Lipinski definition) is 2. The van der Waals surface area contributed by atoms with Crippen molar-refractivity contribution >= 4 is 5.78 Å². The van der Waals surface area contributed by atoms with Gasteiger partial charge in [-0.1, -0.05) is 27.7 Å². The highest BCUT2D eigenvalue weighted by molar-refractivity contribution is 6.05. The summed E-state index contributed by atoms with van der Waals surface area (Å²) in [7, 11) is 0. The van der Waals surface area contributed by atoms with Crippen molar-refractivity contribution in [2.24, 2.45) is 34.0 Å². The fraction of sp³-hybridized carbons (Fsp3) is 0.850. The molecule has 1 spiro atoms. The van der Waals surface area contributed by atoms with E-state index in [-0.39, 0.29) is 12.0 Å². The Balaban J connectivity index is 1.90. The van der Waals surface area contributed by atoms with E-state index in [1.165, 1.54) is 25.7 Å².